The highest BCUT2D eigenvalue weighted by molar-refractivity contribution is 5.83. The third-order valence-corrected chi connectivity index (χ3v) is 5.23. The molecule has 0 aromatic heterocycles. The number of hydrogen-bond acceptors (Lipinski definition) is 1. The van der Waals surface area contributed by atoms with Gasteiger partial charge in [0.25, 0.3) is 0 Å². The smallest absolute Gasteiger partial charge is 0.226 e. The van der Waals surface area contributed by atoms with Gasteiger partial charge in [-0.25, -0.2) is 0 Å². The Morgan fingerprint density at radius 2 is 1.65 bits per heavy atom. The maximum atomic E-state index is 12.4. The van der Waals surface area contributed by atoms with Crippen LogP contribution in [0.4, 0.5) is 0 Å². The highest BCUT2D eigenvalue weighted by Crippen LogP contribution is 2.60. The van der Waals surface area contributed by atoms with Gasteiger partial charge in [-0.15, -0.1) is 0 Å². The molecule has 0 heterocycles. The summed E-state index contributed by atoms with van der Waals surface area (Å²) in [7, 11) is 0. The lowest BCUT2D eigenvalue weighted by Crippen LogP contribution is -2.55. The summed E-state index contributed by atoms with van der Waals surface area (Å²) in [5.74, 6) is 2.95. The first kappa shape index (κ1) is 11.5. The Labute approximate surface area is 104 Å². The fraction of sp³-hybridized carbons (Fsp3) is 0.929. The lowest BCUT2D eigenvalue weighted by atomic mass is 9.49. The average molecular weight is 237 g/mol. The van der Waals surface area contributed by atoms with Gasteiger partial charge in [0.05, 0.1) is 6.54 Å². The number of amides is 1. The van der Waals surface area contributed by atoms with E-state index in [0.717, 1.165) is 37.3 Å². The third-order valence-electron chi connectivity index (χ3n) is 5.23. The summed E-state index contributed by atoms with van der Waals surface area (Å²) in [5.41, 5.74) is 3.86. The van der Waals surface area contributed by atoms with Gasteiger partial charge in [-0.3, -0.25) is 4.79 Å². The molecule has 3 heteroatoms. The second kappa shape index (κ2) is 4.27. The summed E-state index contributed by atoms with van der Waals surface area (Å²) in [6.07, 6.45) is 8.76. The van der Waals surface area contributed by atoms with Crippen molar-refractivity contribution < 1.29 is 10.5 Å². The molecule has 3 nitrogen and oxygen atoms in total. The molecule has 0 spiro atoms. The molecule has 0 unspecified atom stereocenters. The van der Waals surface area contributed by atoms with Crippen LogP contribution in [0.15, 0.2) is 0 Å². The van der Waals surface area contributed by atoms with E-state index in [1.807, 2.05) is 0 Å². The molecule has 4 rings (SSSR count). The monoisotopic (exact) mass is 237 g/mol. The maximum absolute atomic E-state index is 12.4. The molecule has 0 aliphatic heterocycles. The van der Waals surface area contributed by atoms with Gasteiger partial charge >= 0.3 is 0 Å². The Balaban J connectivity index is 1.67. The first-order valence-electron chi connectivity index (χ1n) is 7.29. The van der Waals surface area contributed by atoms with Crippen molar-refractivity contribution >= 4 is 5.91 Å². The Morgan fingerprint density at radius 1 is 1.12 bits per heavy atom. The standard InChI is InChI=1S/C14H24N2O/c15-2-1-3-16-13(17)14-7-10-4-11(8-14)6-12(5-10)9-14/h10-12H,1-9,15H2,(H,16,17)/p+1. The van der Waals surface area contributed by atoms with E-state index in [2.05, 4.69) is 11.1 Å². The Hall–Kier alpha value is -0.570. The van der Waals surface area contributed by atoms with Gasteiger partial charge in [-0.05, 0) is 56.3 Å². The molecule has 17 heavy (non-hydrogen) atoms. The normalized spacial score (nSPS) is 42.8. The second-order valence-electron chi connectivity index (χ2n) is 6.66. The van der Waals surface area contributed by atoms with Gasteiger partial charge in [0.1, 0.15) is 0 Å². The molecule has 0 aromatic carbocycles. The van der Waals surface area contributed by atoms with E-state index in [-0.39, 0.29) is 5.41 Å². The van der Waals surface area contributed by atoms with E-state index in [1.165, 1.54) is 38.5 Å². The van der Waals surface area contributed by atoms with Crippen LogP contribution in [0.2, 0.25) is 0 Å². The summed E-state index contributed by atoms with van der Waals surface area (Å²) in [6.45, 7) is 1.74. The lowest BCUT2D eigenvalue weighted by Gasteiger charge is -2.55. The van der Waals surface area contributed by atoms with Gasteiger partial charge in [0.15, 0.2) is 0 Å². The van der Waals surface area contributed by atoms with Gasteiger partial charge < -0.3 is 11.1 Å². The predicted molar refractivity (Wildman–Crippen MR) is 66.0 cm³/mol. The molecule has 4 saturated carbocycles. The molecule has 0 saturated heterocycles. The number of nitrogens with one attached hydrogen (secondary N) is 1. The zero-order valence-corrected chi connectivity index (χ0v) is 10.7. The van der Waals surface area contributed by atoms with Crippen LogP contribution in [-0.4, -0.2) is 19.0 Å². The van der Waals surface area contributed by atoms with Crippen LogP contribution in [0.5, 0.6) is 0 Å². The Bertz CT molecular complexity index is 278. The van der Waals surface area contributed by atoms with Crippen LogP contribution >= 0.6 is 0 Å². The van der Waals surface area contributed by atoms with Crippen molar-refractivity contribution in [1.29, 1.82) is 0 Å². The SMILES string of the molecule is [NH3+]CCCNC(=O)C12CC3CC(CC(C3)C1)C2. The van der Waals surface area contributed by atoms with Gasteiger partial charge in [-0.1, -0.05) is 0 Å². The number of rotatable bonds is 4. The van der Waals surface area contributed by atoms with Crippen molar-refractivity contribution in [2.75, 3.05) is 13.1 Å². The average Bonchev–Trinajstić information content (AvgIpc) is 2.27. The minimum Gasteiger partial charge on any atom is -0.358 e. The molecule has 4 aliphatic carbocycles. The van der Waals surface area contributed by atoms with E-state index in [1.54, 1.807) is 0 Å². The van der Waals surface area contributed by atoms with E-state index in [4.69, 9.17) is 0 Å². The van der Waals surface area contributed by atoms with E-state index >= 15 is 0 Å². The molecule has 0 atom stereocenters. The molecule has 4 fully saturated rings. The molecule has 4 bridgehead atoms. The molecule has 0 radical (unpaired) electrons. The number of quaternary nitrogens is 1. The van der Waals surface area contributed by atoms with Crippen LogP contribution in [0.1, 0.15) is 44.9 Å². The van der Waals surface area contributed by atoms with Crippen molar-refractivity contribution in [3.05, 3.63) is 0 Å². The van der Waals surface area contributed by atoms with Crippen LogP contribution in [0.3, 0.4) is 0 Å². The van der Waals surface area contributed by atoms with Crippen molar-refractivity contribution in [3.8, 4) is 0 Å². The number of carbonyl (C=O) groups excluding carboxylic acids is 1. The summed E-state index contributed by atoms with van der Waals surface area (Å²) in [4.78, 5) is 12.4. The minimum atomic E-state index is 0.0376. The molecular weight excluding hydrogens is 212 g/mol. The number of hydrogen-bond donors (Lipinski definition) is 2. The van der Waals surface area contributed by atoms with E-state index in [0.29, 0.717) is 5.91 Å². The molecule has 0 aromatic rings. The minimum absolute atomic E-state index is 0.0376. The van der Waals surface area contributed by atoms with Crippen LogP contribution in [0.25, 0.3) is 0 Å². The molecule has 4 N–H and O–H groups in total. The first-order valence-corrected chi connectivity index (χ1v) is 7.29. The zero-order valence-electron chi connectivity index (χ0n) is 10.7. The van der Waals surface area contributed by atoms with E-state index < -0.39 is 0 Å². The summed E-state index contributed by atoms with van der Waals surface area (Å²) in [6, 6.07) is 0. The van der Waals surface area contributed by atoms with Crippen LogP contribution in [-0.2, 0) is 4.79 Å². The maximum Gasteiger partial charge on any atom is 0.226 e. The van der Waals surface area contributed by atoms with Crippen LogP contribution < -0.4 is 11.1 Å². The Kier molecular flexibility index (Phi) is 2.89. The second-order valence-corrected chi connectivity index (χ2v) is 6.66. The molecule has 1 amide bonds. The summed E-state index contributed by atoms with van der Waals surface area (Å²) >= 11 is 0. The quantitative estimate of drug-likeness (QED) is 0.703. The van der Waals surface area contributed by atoms with Gasteiger partial charge in [-0.2, -0.15) is 0 Å². The van der Waals surface area contributed by atoms with E-state index in [9.17, 15) is 4.79 Å². The van der Waals surface area contributed by atoms with Crippen LogP contribution in [0, 0.1) is 23.2 Å². The first-order chi connectivity index (χ1) is 8.22. The molecule has 4 aliphatic rings. The topological polar surface area (TPSA) is 56.7 Å². The highest BCUT2D eigenvalue weighted by Gasteiger charge is 2.54. The van der Waals surface area contributed by atoms with Crippen molar-refractivity contribution in [3.63, 3.8) is 0 Å². The fourth-order valence-electron chi connectivity index (χ4n) is 4.90. The zero-order chi connectivity index (χ0) is 11.9. The number of carbonyl (C=O) groups is 1. The van der Waals surface area contributed by atoms with Crippen molar-refractivity contribution in [2.24, 2.45) is 23.2 Å². The summed E-state index contributed by atoms with van der Waals surface area (Å²) in [5, 5.41) is 3.16. The Morgan fingerprint density at radius 3 is 2.12 bits per heavy atom. The largest absolute Gasteiger partial charge is 0.358 e. The highest BCUT2D eigenvalue weighted by atomic mass is 16.2. The van der Waals surface area contributed by atoms with Crippen molar-refractivity contribution in [1.82, 2.24) is 5.32 Å². The molecule has 96 valence electrons. The summed E-state index contributed by atoms with van der Waals surface area (Å²) < 4.78 is 0. The lowest BCUT2D eigenvalue weighted by molar-refractivity contribution is -0.367. The fourth-order valence-corrected chi connectivity index (χ4v) is 4.90. The van der Waals surface area contributed by atoms with Crippen molar-refractivity contribution in [2.45, 2.75) is 44.9 Å². The van der Waals surface area contributed by atoms with Gasteiger partial charge in [0, 0.05) is 18.4 Å². The predicted octanol–water partition coefficient (Wildman–Crippen LogP) is 0.951. The molecular formula is C14H25N2O+. The third kappa shape index (κ3) is 1.99. The van der Waals surface area contributed by atoms with Gasteiger partial charge in [0.2, 0.25) is 5.91 Å².